The molecule has 3 unspecified atom stereocenters. The lowest BCUT2D eigenvalue weighted by Crippen LogP contribution is -2.45. The number of aliphatic hydroxyl groups excluding tert-OH is 1. The van der Waals surface area contributed by atoms with E-state index in [0.717, 1.165) is 5.56 Å². The summed E-state index contributed by atoms with van der Waals surface area (Å²) in [7, 11) is 0. The molecule has 2 heterocycles. The van der Waals surface area contributed by atoms with E-state index in [1.807, 2.05) is 12.1 Å². The maximum atomic E-state index is 13.3. The van der Waals surface area contributed by atoms with Crippen LogP contribution in [0.4, 0.5) is 4.39 Å². The summed E-state index contributed by atoms with van der Waals surface area (Å²) in [5, 5.41) is 12.3. The number of hydrogen-bond donors (Lipinski definition) is 4. The molecule has 4 N–H and O–H groups in total. The van der Waals surface area contributed by atoms with Crippen LogP contribution in [0.1, 0.15) is 29.6 Å². The maximum absolute atomic E-state index is 13.3. The predicted octanol–water partition coefficient (Wildman–Crippen LogP) is 0.978. The van der Waals surface area contributed by atoms with E-state index in [0.29, 0.717) is 12.0 Å². The van der Waals surface area contributed by atoms with Crippen molar-refractivity contribution in [2.24, 2.45) is 0 Å². The molecule has 1 saturated heterocycles. The molecule has 126 valence electrons. The number of nitrogens with one attached hydrogen (secondary N) is 3. The number of pyridine rings is 1. The molecule has 1 aliphatic heterocycles. The van der Waals surface area contributed by atoms with Crippen molar-refractivity contribution in [2.45, 2.75) is 24.5 Å². The first-order chi connectivity index (χ1) is 11.7. The van der Waals surface area contributed by atoms with Crippen molar-refractivity contribution in [1.82, 2.24) is 21.2 Å². The monoisotopic (exact) mass is 330 g/mol. The van der Waals surface area contributed by atoms with Gasteiger partial charge >= 0.3 is 0 Å². The highest BCUT2D eigenvalue weighted by Gasteiger charge is 2.31. The van der Waals surface area contributed by atoms with E-state index in [9.17, 15) is 14.3 Å². The first-order valence-corrected chi connectivity index (χ1v) is 7.75. The molecule has 1 aromatic carbocycles. The number of hydrogen-bond acceptors (Lipinski definition) is 5. The van der Waals surface area contributed by atoms with Gasteiger partial charge in [-0.15, -0.1) is 0 Å². The number of rotatable bonds is 5. The Morgan fingerprint density at radius 2 is 2.12 bits per heavy atom. The zero-order valence-electron chi connectivity index (χ0n) is 12.9. The van der Waals surface area contributed by atoms with Gasteiger partial charge in [-0.1, -0.05) is 12.1 Å². The Labute approximate surface area is 139 Å². The Morgan fingerprint density at radius 1 is 1.33 bits per heavy atom. The van der Waals surface area contributed by atoms with E-state index in [4.69, 9.17) is 0 Å². The van der Waals surface area contributed by atoms with Crippen LogP contribution < -0.4 is 16.2 Å². The number of carbonyl (C=O) groups excluding carboxylic acids is 1. The third-order valence-corrected chi connectivity index (χ3v) is 4.08. The summed E-state index contributed by atoms with van der Waals surface area (Å²) in [6, 6.07) is 8.55. The van der Waals surface area contributed by atoms with Gasteiger partial charge in [0.15, 0.2) is 0 Å². The molecule has 7 heteroatoms. The molecule has 0 spiro atoms. The van der Waals surface area contributed by atoms with E-state index >= 15 is 0 Å². The Balaban J connectivity index is 1.62. The van der Waals surface area contributed by atoms with Crippen LogP contribution in [0.25, 0.3) is 0 Å². The van der Waals surface area contributed by atoms with Crippen molar-refractivity contribution in [2.75, 3.05) is 6.61 Å². The minimum atomic E-state index is -0.644. The molecule has 1 aliphatic rings. The summed E-state index contributed by atoms with van der Waals surface area (Å²) >= 11 is 0. The van der Waals surface area contributed by atoms with Gasteiger partial charge < -0.3 is 10.4 Å². The molecule has 1 fully saturated rings. The second kappa shape index (κ2) is 7.48. The smallest absolute Gasteiger partial charge is 0.239 e. The number of halogens is 1. The summed E-state index contributed by atoms with van der Waals surface area (Å²) in [5.41, 5.74) is 7.61. The fourth-order valence-electron chi connectivity index (χ4n) is 2.77. The van der Waals surface area contributed by atoms with Crippen LogP contribution >= 0.6 is 0 Å². The van der Waals surface area contributed by atoms with Gasteiger partial charge in [0, 0.05) is 18.4 Å². The number of nitrogens with zero attached hydrogens (tertiary/aromatic N) is 1. The second-order valence-electron chi connectivity index (χ2n) is 5.71. The zero-order chi connectivity index (χ0) is 16.9. The Morgan fingerprint density at radius 3 is 2.83 bits per heavy atom. The lowest BCUT2D eigenvalue weighted by atomic mass is 10.0. The highest BCUT2D eigenvalue weighted by molar-refractivity contribution is 5.82. The molecule has 3 rings (SSSR count). The normalized spacial score (nSPS) is 21.4. The quantitative estimate of drug-likeness (QED) is 0.657. The van der Waals surface area contributed by atoms with Crippen molar-refractivity contribution in [3.05, 3.63) is 65.7 Å². The van der Waals surface area contributed by atoms with Crippen molar-refractivity contribution in [3.8, 4) is 0 Å². The molecule has 2 aromatic rings. The average molecular weight is 330 g/mol. The van der Waals surface area contributed by atoms with E-state index < -0.39 is 17.9 Å². The van der Waals surface area contributed by atoms with Crippen molar-refractivity contribution in [1.29, 1.82) is 0 Å². The van der Waals surface area contributed by atoms with Gasteiger partial charge in [-0.2, -0.15) is 0 Å². The van der Waals surface area contributed by atoms with Crippen LogP contribution in [0.2, 0.25) is 0 Å². The SMILES string of the molecule is O=C(NC(CO)c1cccc(F)c1)C1CC(c2ccncc2)NN1. The third kappa shape index (κ3) is 3.76. The van der Waals surface area contributed by atoms with Crippen LogP contribution in [0.15, 0.2) is 48.8 Å². The number of aromatic nitrogens is 1. The number of amides is 1. The number of carbonyl (C=O) groups is 1. The van der Waals surface area contributed by atoms with E-state index in [1.54, 1.807) is 24.5 Å². The van der Waals surface area contributed by atoms with E-state index in [2.05, 4.69) is 21.2 Å². The largest absolute Gasteiger partial charge is 0.394 e. The van der Waals surface area contributed by atoms with Crippen LogP contribution in [0.5, 0.6) is 0 Å². The molecule has 0 aliphatic carbocycles. The van der Waals surface area contributed by atoms with Crippen molar-refractivity contribution in [3.63, 3.8) is 0 Å². The van der Waals surface area contributed by atoms with Crippen LogP contribution in [-0.2, 0) is 4.79 Å². The van der Waals surface area contributed by atoms with E-state index in [1.165, 1.54) is 12.1 Å². The van der Waals surface area contributed by atoms with Gasteiger partial charge in [-0.05, 0) is 41.8 Å². The fraction of sp³-hybridized carbons (Fsp3) is 0.294. The average Bonchev–Trinajstić information content (AvgIpc) is 3.10. The van der Waals surface area contributed by atoms with Crippen LogP contribution in [0.3, 0.4) is 0 Å². The molecule has 0 saturated carbocycles. The zero-order valence-corrected chi connectivity index (χ0v) is 12.9. The molecule has 0 radical (unpaired) electrons. The Bertz CT molecular complexity index is 698. The summed E-state index contributed by atoms with van der Waals surface area (Å²) in [6.07, 6.45) is 3.98. The van der Waals surface area contributed by atoms with Gasteiger partial charge in [0.25, 0.3) is 0 Å². The van der Waals surface area contributed by atoms with Gasteiger partial charge in [0.05, 0.1) is 12.6 Å². The first-order valence-electron chi connectivity index (χ1n) is 7.75. The molecule has 6 nitrogen and oxygen atoms in total. The minimum absolute atomic E-state index is 0.00509. The van der Waals surface area contributed by atoms with Crippen molar-refractivity contribution < 1.29 is 14.3 Å². The Hall–Kier alpha value is -2.35. The summed E-state index contributed by atoms with van der Waals surface area (Å²) in [4.78, 5) is 16.4. The maximum Gasteiger partial charge on any atom is 0.239 e. The standard InChI is InChI=1S/C17H19FN4O2/c18-13-3-1-2-12(8-13)16(10-23)20-17(24)15-9-14(21-22-15)11-4-6-19-7-5-11/h1-8,14-16,21-23H,9-10H2,(H,20,24). The van der Waals surface area contributed by atoms with Gasteiger partial charge in [-0.25, -0.2) is 15.2 Å². The molecule has 1 amide bonds. The third-order valence-electron chi connectivity index (χ3n) is 4.08. The Kier molecular flexibility index (Phi) is 5.14. The number of hydrazine groups is 1. The van der Waals surface area contributed by atoms with Crippen molar-refractivity contribution >= 4 is 5.91 Å². The van der Waals surface area contributed by atoms with Gasteiger partial charge in [-0.3, -0.25) is 9.78 Å². The summed E-state index contributed by atoms with van der Waals surface area (Å²) < 4.78 is 13.3. The minimum Gasteiger partial charge on any atom is -0.394 e. The highest BCUT2D eigenvalue weighted by Crippen LogP contribution is 2.22. The van der Waals surface area contributed by atoms with Gasteiger partial charge in [0.1, 0.15) is 11.9 Å². The molecule has 24 heavy (non-hydrogen) atoms. The molecule has 3 atom stereocenters. The van der Waals surface area contributed by atoms with Crippen LogP contribution in [-0.4, -0.2) is 28.6 Å². The van der Waals surface area contributed by atoms with Gasteiger partial charge in [0.2, 0.25) is 5.91 Å². The molecule has 1 aromatic heterocycles. The fourth-order valence-corrected chi connectivity index (χ4v) is 2.77. The van der Waals surface area contributed by atoms with Crippen LogP contribution in [0, 0.1) is 5.82 Å². The lowest BCUT2D eigenvalue weighted by molar-refractivity contribution is -0.124. The summed E-state index contributed by atoms with van der Waals surface area (Å²) in [6.45, 7) is -0.302. The predicted molar refractivity (Wildman–Crippen MR) is 86.0 cm³/mol. The lowest BCUT2D eigenvalue weighted by Gasteiger charge is -2.19. The second-order valence-corrected chi connectivity index (χ2v) is 5.71. The van der Waals surface area contributed by atoms with E-state index in [-0.39, 0.29) is 18.6 Å². The highest BCUT2D eigenvalue weighted by atomic mass is 19.1. The molecule has 0 bridgehead atoms. The first kappa shape index (κ1) is 16.5. The topological polar surface area (TPSA) is 86.3 Å². The number of aliphatic hydroxyl groups is 1. The molecular weight excluding hydrogens is 311 g/mol. The summed E-state index contributed by atoms with van der Waals surface area (Å²) in [5.74, 6) is -0.652. The molecular formula is C17H19FN4O2. The number of benzene rings is 1.